The molecule has 1 aromatic carbocycles. The molecule has 16 nitrogen and oxygen atoms in total. The highest BCUT2D eigenvalue weighted by molar-refractivity contribution is 14.1. The van der Waals surface area contributed by atoms with E-state index >= 15 is 0 Å². The predicted molar refractivity (Wildman–Crippen MR) is 191 cm³/mol. The van der Waals surface area contributed by atoms with Crippen LogP contribution >= 0.6 is 67.8 Å². The third kappa shape index (κ3) is 13.6. The van der Waals surface area contributed by atoms with Gasteiger partial charge in [0.05, 0.1) is 37.0 Å². The number of hydrogen-bond acceptors (Lipinski definition) is 14. The minimum atomic E-state index is -0.992. The Balaban J connectivity index is 2.51. The Labute approximate surface area is 316 Å². The van der Waals surface area contributed by atoms with E-state index in [4.69, 9.17) is 28.4 Å². The van der Waals surface area contributed by atoms with Gasteiger partial charge in [-0.25, -0.2) is 4.99 Å². The molecule has 0 aromatic heterocycles. The van der Waals surface area contributed by atoms with Crippen LogP contribution in [0.1, 0.15) is 68.2 Å². The summed E-state index contributed by atoms with van der Waals surface area (Å²) < 4.78 is 32.1. The largest absolute Gasteiger partial charge is 0.474 e. The van der Waals surface area contributed by atoms with Gasteiger partial charge in [0.25, 0.3) is 11.8 Å². The van der Waals surface area contributed by atoms with E-state index in [9.17, 15) is 33.6 Å². The Morgan fingerprint density at radius 1 is 0.708 bits per heavy atom. The first-order chi connectivity index (χ1) is 22.5. The van der Waals surface area contributed by atoms with E-state index < -0.39 is 60.0 Å². The van der Waals surface area contributed by atoms with E-state index in [0.717, 1.165) is 0 Å². The molecular formula is C29H34I3N3O13. The van der Waals surface area contributed by atoms with E-state index in [0.29, 0.717) is 25.9 Å². The first-order valence-corrected chi connectivity index (χ1v) is 17.5. The molecule has 2 N–H and O–H groups in total. The lowest BCUT2D eigenvalue weighted by molar-refractivity contribution is -0.155. The molecule has 264 valence electrons. The summed E-state index contributed by atoms with van der Waals surface area (Å²) in [7, 11) is 0. The first kappa shape index (κ1) is 41.3. The van der Waals surface area contributed by atoms with Crippen LogP contribution in [0.15, 0.2) is 4.99 Å². The lowest BCUT2D eigenvalue weighted by Crippen LogP contribution is -2.39. The number of aliphatic imine (C=N–C) groups is 1. The molecule has 0 radical (unpaired) electrons. The summed E-state index contributed by atoms with van der Waals surface area (Å²) in [6.07, 6.45) is -1.50. The number of hydrogen-bond donors (Lipinski definition) is 2. The topological polar surface area (TPSA) is 211 Å². The first-order valence-electron chi connectivity index (χ1n) is 14.3. The molecule has 1 fully saturated rings. The number of benzene rings is 1. The second-order valence-electron chi connectivity index (χ2n) is 10.1. The van der Waals surface area contributed by atoms with E-state index in [1.54, 1.807) is 0 Å². The number of halogens is 3. The minimum Gasteiger partial charge on any atom is -0.474 e. The molecular weight excluding hydrogens is 979 g/mol. The summed E-state index contributed by atoms with van der Waals surface area (Å²) in [4.78, 5) is 89.1. The van der Waals surface area contributed by atoms with Crippen LogP contribution in [-0.2, 0) is 52.4 Å². The minimum absolute atomic E-state index is 0.0320. The van der Waals surface area contributed by atoms with Gasteiger partial charge in [-0.1, -0.05) is 0 Å². The second-order valence-corrected chi connectivity index (χ2v) is 13.4. The standard InChI is InChI=1S/C29H34I3N3O13/c1-13(36)43-10-18-6-7-21(48-18)35-27-25(31)22(28(41)33-8-19(46-16(4)39)11-44-14(2)37)24(30)23(26(27)32)29(42)34-9-20(47-17(5)40)12-45-15(3)38/h18-20H,6-12H2,1-5H3,(H,33,41)(H,34,42). The molecule has 1 saturated heterocycles. The van der Waals surface area contributed by atoms with Gasteiger partial charge >= 0.3 is 29.8 Å². The molecule has 48 heavy (non-hydrogen) atoms. The number of nitrogens with zero attached hydrogens (tertiary/aromatic N) is 1. The summed E-state index contributed by atoms with van der Waals surface area (Å²) in [6.45, 7) is 4.98. The number of ether oxygens (including phenoxy) is 6. The van der Waals surface area contributed by atoms with E-state index in [2.05, 4.69) is 15.6 Å². The normalized spacial score (nSPS) is 15.8. The summed E-state index contributed by atoms with van der Waals surface area (Å²) in [5.41, 5.74) is 0.394. The van der Waals surface area contributed by atoms with Crippen molar-refractivity contribution in [2.75, 3.05) is 32.9 Å². The van der Waals surface area contributed by atoms with Crippen LogP contribution in [0.2, 0.25) is 0 Å². The number of esters is 5. The molecule has 1 heterocycles. The van der Waals surface area contributed by atoms with Gasteiger partial charge in [-0.05, 0) is 74.2 Å². The summed E-state index contributed by atoms with van der Waals surface area (Å²) in [6, 6.07) is 0. The second kappa shape index (κ2) is 20.0. The zero-order chi connectivity index (χ0) is 36.1. The average Bonchev–Trinajstić information content (AvgIpc) is 3.44. The maximum Gasteiger partial charge on any atom is 0.303 e. The van der Waals surface area contributed by atoms with Crippen molar-refractivity contribution in [3.05, 3.63) is 21.8 Å². The molecule has 2 amide bonds. The molecule has 3 unspecified atom stereocenters. The lowest BCUT2D eigenvalue weighted by Gasteiger charge is -2.21. The van der Waals surface area contributed by atoms with Crippen molar-refractivity contribution in [3.8, 4) is 0 Å². The van der Waals surface area contributed by atoms with Crippen molar-refractivity contribution < 1.29 is 62.0 Å². The van der Waals surface area contributed by atoms with Crippen LogP contribution in [-0.4, -0.2) is 98.8 Å². The Hall–Kier alpha value is -2.83. The maximum absolute atomic E-state index is 13.7. The number of carbonyl (C=O) groups excluding carboxylic acids is 7. The summed E-state index contributed by atoms with van der Waals surface area (Å²) in [5.74, 6) is -3.96. The molecule has 0 spiro atoms. The summed E-state index contributed by atoms with van der Waals surface area (Å²) >= 11 is 5.73. The van der Waals surface area contributed by atoms with Crippen molar-refractivity contribution in [3.63, 3.8) is 0 Å². The highest BCUT2D eigenvalue weighted by Crippen LogP contribution is 2.38. The molecule has 2 rings (SSSR count). The molecule has 0 aliphatic carbocycles. The fraction of sp³-hybridized carbons (Fsp3) is 0.517. The lowest BCUT2D eigenvalue weighted by atomic mass is 10.1. The number of nitrogens with one attached hydrogen (secondary N) is 2. The predicted octanol–water partition coefficient (Wildman–Crippen LogP) is 2.72. The van der Waals surface area contributed by atoms with Gasteiger partial charge in [-0.3, -0.25) is 33.6 Å². The van der Waals surface area contributed by atoms with E-state index in [1.165, 1.54) is 34.6 Å². The van der Waals surface area contributed by atoms with E-state index in [-0.39, 0.29) is 53.3 Å². The van der Waals surface area contributed by atoms with Gasteiger partial charge in [0.1, 0.15) is 25.9 Å². The Morgan fingerprint density at radius 3 is 1.54 bits per heavy atom. The van der Waals surface area contributed by atoms with Crippen LogP contribution in [0.25, 0.3) is 0 Å². The average molecular weight is 1010 g/mol. The fourth-order valence-corrected chi connectivity index (χ4v) is 8.41. The Kier molecular flexibility index (Phi) is 17.2. The quantitative estimate of drug-likeness (QED) is 0.147. The number of amides is 2. The van der Waals surface area contributed by atoms with Gasteiger partial charge in [-0.2, -0.15) is 0 Å². The van der Waals surface area contributed by atoms with Crippen LogP contribution in [0.5, 0.6) is 0 Å². The van der Waals surface area contributed by atoms with Crippen LogP contribution < -0.4 is 10.6 Å². The SMILES string of the molecule is CC(=O)OCC(CNC(=O)c1c(I)c(N=C2CCC(COC(C)=O)O2)c(I)c(C(=O)NCC(COC(C)=O)OC(C)=O)c1I)OC(C)=O. The Bertz CT molecular complexity index is 1390. The number of rotatable bonds is 15. The maximum atomic E-state index is 13.7. The molecule has 3 atom stereocenters. The molecule has 0 saturated carbocycles. The zero-order valence-electron chi connectivity index (χ0n) is 26.6. The zero-order valence-corrected chi connectivity index (χ0v) is 33.0. The third-order valence-corrected chi connectivity index (χ3v) is 9.21. The fourth-order valence-electron chi connectivity index (χ4n) is 4.03. The molecule has 1 aliphatic rings. The van der Waals surface area contributed by atoms with Crippen molar-refractivity contribution in [1.82, 2.24) is 10.6 Å². The monoisotopic (exact) mass is 1010 g/mol. The van der Waals surface area contributed by atoms with Gasteiger partial charge in [0, 0.05) is 44.6 Å². The van der Waals surface area contributed by atoms with Crippen molar-refractivity contribution in [1.29, 1.82) is 0 Å². The van der Waals surface area contributed by atoms with Gasteiger partial charge in [-0.15, -0.1) is 0 Å². The van der Waals surface area contributed by atoms with Crippen LogP contribution in [0.3, 0.4) is 0 Å². The molecule has 1 aromatic rings. The number of carbonyl (C=O) groups is 7. The third-order valence-electron chi connectivity index (χ3n) is 6.03. The highest BCUT2D eigenvalue weighted by atomic mass is 127. The van der Waals surface area contributed by atoms with Crippen molar-refractivity contribution in [2.24, 2.45) is 4.99 Å². The van der Waals surface area contributed by atoms with Crippen molar-refractivity contribution >= 4 is 121 Å². The molecule has 19 heteroatoms. The highest BCUT2D eigenvalue weighted by Gasteiger charge is 2.31. The molecule has 0 bridgehead atoms. The Morgan fingerprint density at radius 2 is 1.15 bits per heavy atom. The van der Waals surface area contributed by atoms with E-state index in [1.807, 2.05) is 67.8 Å². The summed E-state index contributed by atoms with van der Waals surface area (Å²) in [5, 5.41) is 5.33. The smallest absolute Gasteiger partial charge is 0.303 e. The van der Waals surface area contributed by atoms with Gasteiger partial charge in [0.15, 0.2) is 18.1 Å². The van der Waals surface area contributed by atoms with Gasteiger partial charge in [0.2, 0.25) is 0 Å². The van der Waals surface area contributed by atoms with Crippen molar-refractivity contribution in [2.45, 2.75) is 65.8 Å². The van der Waals surface area contributed by atoms with Gasteiger partial charge < -0.3 is 39.1 Å². The van der Waals surface area contributed by atoms with Crippen LogP contribution in [0, 0.1) is 10.7 Å². The van der Waals surface area contributed by atoms with Crippen LogP contribution in [0.4, 0.5) is 5.69 Å². The molecule has 1 aliphatic heterocycles.